The van der Waals surface area contributed by atoms with Gasteiger partial charge in [-0.05, 0) is 77.0 Å². The van der Waals surface area contributed by atoms with Crippen molar-refractivity contribution in [2.24, 2.45) is 5.92 Å². The zero-order chi connectivity index (χ0) is 33.9. The molecule has 244 valence electrons. The summed E-state index contributed by atoms with van der Waals surface area (Å²) in [7, 11) is 0. The van der Waals surface area contributed by atoms with Gasteiger partial charge in [-0.15, -0.1) is 0 Å². The molecule has 0 spiro atoms. The van der Waals surface area contributed by atoms with Crippen LogP contribution < -0.4 is 10.6 Å². The highest BCUT2D eigenvalue weighted by atomic mass is 16.6. The summed E-state index contributed by atoms with van der Waals surface area (Å²) in [6, 6.07) is 15.3. The van der Waals surface area contributed by atoms with Gasteiger partial charge in [0, 0.05) is 12.5 Å². The standard InChI is InChI=1S/C36H49N3O6/c1-11-25-18-20-27(21-19-25)30(39(12-2)32(41)28(22-24(3)4)38-34(43)45-36(8,9)10)31(40)37-29(33(42)44-35(5,6)7)23-26-16-14-13-15-17-26/h2,13-21,24,28-30H,11,22-23H2,1,3-10H3,(H,37,40)(H,38,43). The second kappa shape index (κ2) is 16.1. The molecule has 0 aliphatic rings. The number of carbonyl (C=O) groups is 4. The Labute approximate surface area is 268 Å². The van der Waals surface area contributed by atoms with Crippen molar-refractivity contribution in [3.8, 4) is 12.5 Å². The lowest BCUT2D eigenvalue weighted by Crippen LogP contribution is -2.54. The predicted octanol–water partition coefficient (Wildman–Crippen LogP) is 5.72. The fourth-order valence-electron chi connectivity index (χ4n) is 4.60. The lowest BCUT2D eigenvalue weighted by Gasteiger charge is -2.32. The maximum absolute atomic E-state index is 14.2. The Morgan fingerprint density at radius 3 is 1.89 bits per heavy atom. The Morgan fingerprint density at radius 1 is 0.822 bits per heavy atom. The Bertz CT molecular complexity index is 1330. The fraction of sp³-hybridized carbons (Fsp3) is 0.500. The van der Waals surface area contributed by atoms with E-state index in [0.717, 1.165) is 22.4 Å². The number of alkyl carbamates (subject to hydrolysis) is 1. The first-order valence-corrected chi connectivity index (χ1v) is 15.4. The van der Waals surface area contributed by atoms with Gasteiger partial charge in [0.05, 0.1) is 0 Å². The number of ether oxygens (including phenoxy) is 2. The van der Waals surface area contributed by atoms with Gasteiger partial charge in [-0.1, -0.05) is 81.8 Å². The highest BCUT2D eigenvalue weighted by Gasteiger charge is 2.38. The van der Waals surface area contributed by atoms with Gasteiger partial charge >= 0.3 is 12.1 Å². The van der Waals surface area contributed by atoms with E-state index in [1.807, 2.05) is 63.2 Å². The van der Waals surface area contributed by atoms with Crippen molar-refractivity contribution in [1.29, 1.82) is 0 Å². The molecule has 3 unspecified atom stereocenters. The number of terminal acetylenes is 1. The first-order chi connectivity index (χ1) is 20.9. The summed E-state index contributed by atoms with van der Waals surface area (Å²) >= 11 is 0. The van der Waals surface area contributed by atoms with Crippen LogP contribution in [0.4, 0.5) is 4.79 Å². The lowest BCUT2D eigenvalue weighted by atomic mass is 9.98. The monoisotopic (exact) mass is 619 g/mol. The summed E-state index contributed by atoms with van der Waals surface area (Å²) in [5.74, 6) is -1.96. The topological polar surface area (TPSA) is 114 Å². The summed E-state index contributed by atoms with van der Waals surface area (Å²) in [4.78, 5) is 55.4. The molecule has 3 amide bonds. The van der Waals surface area contributed by atoms with Gasteiger partial charge in [-0.3, -0.25) is 14.5 Å². The number of aryl methyl sites for hydroxylation is 1. The molecule has 2 aromatic rings. The van der Waals surface area contributed by atoms with E-state index in [1.54, 1.807) is 53.7 Å². The van der Waals surface area contributed by atoms with Crippen molar-refractivity contribution in [1.82, 2.24) is 15.5 Å². The molecule has 2 aromatic carbocycles. The van der Waals surface area contributed by atoms with Crippen LogP contribution in [0.5, 0.6) is 0 Å². The molecule has 0 radical (unpaired) electrons. The Morgan fingerprint density at radius 2 is 1.40 bits per heavy atom. The van der Waals surface area contributed by atoms with E-state index >= 15 is 0 Å². The number of hydrogen-bond acceptors (Lipinski definition) is 6. The first kappa shape index (κ1) is 36.9. The Hall–Kier alpha value is -4.32. The summed E-state index contributed by atoms with van der Waals surface area (Å²) in [5.41, 5.74) is 0.682. The van der Waals surface area contributed by atoms with Crippen molar-refractivity contribution < 1.29 is 28.7 Å². The minimum Gasteiger partial charge on any atom is -0.458 e. The molecule has 0 saturated carbocycles. The number of hydrogen-bond donors (Lipinski definition) is 2. The third-order valence-corrected chi connectivity index (χ3v) is 6.57. The number of amides is 3. The van der Waals surface area contributed by atoms with Crippen molar-refractivity contribution in [2.75, 3.05) is 0 Å². The predicted molar refractivity (Wildman–Crippen MR) is 175 cm³/mol. The Kier molecular flexibility index (Phi) is 13.2. The average Bonchev–Trinajstić information content (AvgIpc) is 2.93. The largest absolute Gasteiger partial charge is 0.458 e. The van der Waals surface area contributed by atoms with E-state index in [9.17, 15) is 19.2 Å². The van der Waals surface area contributed by atoms with Crippen molar-refractivity contribution in [3.05, 3.63) is 71.3 Å². The normalized spacial score (nSPS) is 13.5. The average molecular weight is 620 g/mol. The first-order valence-electron chi connectivity index (χ1n) is 15.4. The molecule has 0 heterocycles. The molecular formula is C36H49N3O6. The van der Waals surface area contributed by atoms with E-state index in [4.69, 9.17) is 15.9 Å². The molecule has 0 aliphatic heterocycles. The number of nitrogens with one attached hydrogen (secondary N) is 2. The van der Waals surface area contributed by atoms with Gasteiger partial charge in [0.25, 0.3) is 5.91 Å². The van der Waals surface area contributed by atoms with Crippen LogP contribution in [0.1, 0.15) is 91.5 Å². The molecule has 3 atom stereocenters. The van der Waals surface area contributed by atoms with E-state index in [-0.39, 0.29) is 18.8 Å². The number of esters is 1. The minimum atomic E-state index is -1.32. The summed E-state index contributed by atoms with van der Waals surface area (Å²) in [6.45, 7) is 16.2. The molecule has 2 N–H and O–H groups in total. The van der Waals surface area contributed by atoms with Crippen LogP contribution in [0.2, 0.25) is 0 Å². The number of carbonyl (C=O) groups excluding carboxylic acids is 4. The van der Waals surface area contributed by atoms with Gasteiger partial charge < -0.3 is 20.1 Å². The number of benzene rings is 2. The van der Waals surface area contributed by atoms with Crippen LogP contribution >= 0.6 is 0 Å². The van der Waals surface area contributed by atoms with Crippen LogP contribution in [0, 0.1) is 18.4 Å². The number of nitrogens with zero attached hydrogens (tertiary/aromatic N) is 1. The fourth-order valence-corrected chi connectivity index (χ4v) is 4.60. The highest BCUT2D eigenvalue weighted by molar-refractivity contribution is 5.95. The molecule has 9 nitrogen and oxygen atoms in total. The number of rotatable bonds is 12. The SMILES string of the molecule is C#CN(C(=O)C(CC(C)C)NC(=O)OC(C)(C)C)C(C(=O)NC(Cc1ccccc1)C(=O)OC(C)(C)C)c1ccc(CC)cc1. The zero-order valence-corrected chi connectivity index (χ0v) is 28.1. The molecule has 9 heteroatoms. The summed E-state index contributed by atoms with van der Waals surface area (Å²) in [5, 5.41) is 5.47. The van der Waals surface area contributed by atoms with Gasteiger partial charge in [-0.2, -0.15) is 0 Å². The van der Waals surface area contributed by atoms with Crippen molar-refractivity contribution >= 4 is 23.9 Å². The van der Waals surface area contributed by atoms with Gasteiger partial charge in [0.2, 0.25) is 5.91 Å². The van der Waals surface area contributed by atoms with E-state index in [1.165, 1.54) is 0 Å². The van der Waals surface area contributed by atoms with Crippen LogP contribution in [0.3, 0.4) is 0 Å². The molecule has 0 aromatic heterocycles. The van der Waals surface area contributed by atoms with Gasteiger partial charge in [0.15, 0.2) is 0 Å². The lowest BCUT2D eigenvalue weighted by molar-refractivity contribution is -0.159. The van der Waals surface area contributed by atoms with Gasteiger partial charge in [0.1, 0.15) is 29.3 Å². The van der Waals surface area contributed by atoms with Crippen LogP contribution in [-0.4, -0.2) is 52.1 Å². The third kappa shape index (κ3) is 12.3. The molecular weight excluding hydrogens is 570 g/mol. The maximum atomic E-state index is 14.2. The molecule has 2 rings (SSSR count). The second-order valence-electron chi connectivity index (χ2n) is 13.4. The molecule has 0 saturated heterocycles. The summed E-state index contributed by atoms with van der Waals surface area (Å²) in [6.07, 6.45) is 6.33. The highest BCUT2D eigenvalue weighted by Crippen LogP contribution is 2.25. The quantitative estimate of drug-likeness (QED) is 0.179. The van der Waals surface area contributed by atoms with E-state index < -0.39 is 53.2 Å². The molecule has 45 heavy (non-hydrogen) atoms. The minimum absolute atomic E-state index is 0.00736. The smallest absolute Gasteiger partial charge is 0.408 e. The van der Waals surface area contributed by atoms with Gasteiger partial charge in [-0.25, -0.2) is 9.59 Å². The molecule has 0 bridgehead atoms. The van der Waals surface area contributed by atoms with Crippen molar-refractivity contribution in [3.63, 3.8) is 0 Å². The zero-order valence-electron chi connectivity index (χ0n) is 28.1. The maximum Gasteiger partial charge on any atom is 0.408 e. The third-order valence-electron chi connectivity index (χ3n) is 6.57. The van der Waals surface area contributed by atoms with Crippen LogP contribution in [-0.2, 0) is 36.7 Å². The molecule has 0 aliphatic carbocycles. The van der Waals surface area contributed by atoms with Crippen LogP contribution in [0.25, 0.3) is 0 Å². The van der Waals surface area contributed by atoms with E-state index in [2.05, 4.69) is 16.7 Å². The van der Waals surface area contributed by atoms with Crippen LogP contribution in [0.15, 0.2) is 54.6 Å². The van der Waals surface area contributed by atoms with Crippen molar-refractivity contribution in [2.45, 2.75) is 111 Å². The second-order valence-corrected chi connectivity index (χ2v) is 13.4. The van der Waals surface area contributed by atoms with E-state index in [0.29, 0.717) is 5.56 Å². The Balaban J connectivity index is 2.55. The molecule has 0 fully saturated rings. The summed E-state index contributed by atoms with van der Waals surface area (Å²) < 4.78 is 11.1.